The van der Waals surface area contributed by atoms with Crippen LogP contribution in [-0.4, -0.2) is 11.5 Å². The minimum Gasteiger partial charge on any atom is -0.306 e. The van der Waals surface area contributed by atoms with E-state index >= 15 is 0 Å². The molecule has 0 saturated heterocycles. The van der Waals surface area contributed by atoms with Crippen molar-refractivity contribution < 1.29 is 0 Å². The van der Waals surface area contributed by atoms with Crippen LogP contribution in [0.3, 0.4) is 0 Å². The van der Waals surface area contributed by atoms with E-state index in [1.165, 1.54) is 30.6 Å². The Morgan fingerprint density at radius 2 is 2.19 bits per heavy atom. The van der Waals surface area contributed by atoms with E-state index in [0.29, 0.717) is 0 Å². The van der Waals surface area contributed by atoms with Gasteiger partial charge in [0.15, 0.2) is 0 Å². The summed E-state index contributed by atoms with van der Waals surface area (Å²) in [5, 5.41) is 6.07. The average Bonchev–Trinajstić information content (AvgIpc) is 2.84. The van der Waals surface area contributed by atoms with Crippen molar-refractivity contribution in [3.63, 3.8) is 0 Å². The quantitative estimate of drug-likeness (QED) is 0.702. The third-order valence-corrected chi connectivity index (χ3v) is 5.80. The van der Waals surface area contributed by atoms with Crippen molar-refractivity contribution in [2.75, 3.05) is 6.54 Å². The van der Waals surface area contributed by atoms with E-state index in [9.17, 15) is 0 Å². The van der Waals surface area contributed by atoms with E-state index in [1.807, 2.05) is 12.4 Å². The summed E-state index contributed by atoms with van der Waals surface area (Å²) in [6.45, 7) is 5.22. The van der Waals surface area contributed by atoms with Crippen LogP contribution < -0.4 is 5.32 Å². The molecular formula is C17H17BrN2S. The minimum absolute atomic E-state index is 0.219. The van der Waals surface area contributed by atoms with Gasteiger partial charge in [0.2, 0.25) is 0 Å². The van der Waals surface area contributed by atoms with Gasteiger partial charge >= 0.3 is 0 Å². The number of nitrogens with zero attached hydrogens (tertiary/aromatic N) is 1. The molecular weight excluding hydrogens is 344 g/mol. The average molecular weight is 361 g/mol. The van der Waals surface area contributed by atoms with Crippen molar-refractivity contribution in [3.05, 3.63) is 62.5 Å². The van der Waals surface area contributed by atoms with Crippen LogP contribution in [0.15, 0.2) is 46.5 Å². The molecule has 0 spiro atoms. The summed E-state index contributed by atoms with van der Waals surface area (Å²) in [6.07, 6.45) is 3.79. The minimum atomic E-state index is 0.219. The topological polar surface area (TPSA) is 24.9 Å². The molecule has 2 nitrogen and oxygen atoms in total. The summed E-state index contributed by atoms with van der Waals surface area (Å²) in [7, 11) is 0. The van der Waals surface area contributed by atoms with E-state index in [1.54, 1.807) is 11.3 Å². The Labute approximate surface area is 137 Å². The first-order chi connectivity index (χ1) is 10.2. The summed E-state index contributed by atoms with van der Waals surface area (Å²) in [5.74, 6) is 0. The number of halogens is 1. The van der Waals surface area contributed by atoms with Crippen molar-refractivity contribution in [3.8, 4) is 0 Å². The molecule has 3 aromatic rings. The molecule has 0 saturated carbocycles. The van der Waals surface area contributed by atoms with E-state index in [-0.39, 0.29) is 6.04 Å². The van der Waals surface area contributed by atoms with Gasteiger partial charge in [-0.2, -0.15) is 0 Å². The summed E-state index contributed by atoms with van der Waals surface area (Å²) < 4.78 is 1.21. The highest BCUT2D eigenvalue weighted by molar-refractivity contribution is 9.11. The van der Waals surface area contributed by atoms with Crippen LogP contribution in [0.2, 0.25) is 0 Å². The number of pyridine rings is 1. The number of thiophene rings is 1. The standard InChI is InChI=1S/C17H17BrN2S/c1-3-20-16(15-9-11(2)17(18)21-15)14-6-4-5-12-10-19-8-7-13(12)14/h4-10,16,20H,3H2,1-2H3. The molecule has 0 aliphatic rings. The van der Waals surface area contributed by atoms with Gasteiger partial charge < -0.3 is 5.32 Å². The van der Waals surface area contributed by atoms with Gasteiger partial charge in [-0.3, -0.25) is 4.98 Å². The molecule has 0 aliphatic heterocycles. The first-order valence-corrected chi connectivity index (χ1v) is 8.63. The molecule has 0 aliphatic carbocycles. The van der Waals surface area contributed by atoms with Gasteiger partial charge in [-0.05, 0) is 58.0 Å². The largest absolute Gasteiger partial charge is 0.306 e. The fourth-order valence-electron chi connectivity index (χ4n) is 2.59. The molecule has 3 rings (SSSR count). The normalized spacial score (nSPS) is 12.7. The molecule has 2 heterocycles. The fraction of sp³-hybridized carbons (Fsp3) is 0.235. The first kappa shape index (κ1) is 14.7. The van der Waals surface area contributed by atoms with Gasteiger partial charge in [0, 0.05) is 22.7 Å². The number of benzene rings is 1. The molecule has 0 fully saturated rings. The molecule has 2 aromatic heterocycles. The lowest BCUT2D eigenvalue weighted by atomic mass is 9.98. The van der Waals surface area contributed by atoms with E-state index < -0.39 is 0 Å². The monoisotopic (exact) mass is 360 g/mol. The van der Waals surface area contributed by atoms with E-state index in [2.05, 4.69) is 70.4 Å². The van der Waals surface area contributed by atoms with E-state index in [0.717, 1.165) is 6.54 Å². The lowest BCUT2D eigenvalue weighted by Gasteiger charge is -2.19. The molecule has 1 unspecified atom stereocenters. The predicted octanol–water partition coefficient (Wildman–Crippen LogP) is 5.07. The molecule has 108 valence electrons. The zero-order valence-electron chi connectivity index (χ0n) is 12.1. The van der Waals surface area contributed by atoms with Crippen LogP contribution in [0.1, 0.15) is 29.0 Å². The second-order valence-corrected chi connectivity index (χ2v) is 7.44. The highest BCUT2D eigenvalue weighted by atomic mass is 79.9. The second-order valence-electron chi connectivity index (χ2n) is 5.04. The zero-order valence-corrected chi connectivity index (χ0v) is 14.5. The van der Waals surface area contributed by atoms with Crippen LogP contribution in [0, 0.1) is 6.92 Å². The summed E-state index contributed by atoms with van der Waals surface area (Å²) in [6, 6.07) is 11.0. The van der Waals surface area contributed by atoms with Gasteiger partial charge in [0.05, 0.1) is 9.83 Å². The van der Waals surface area contributed by atoms with Crippen LogP contribution >= 0.6 is 27.3 Å². The Morgan fingerprint density at radius 1 is 1.33 bits per heavy atom. The maximum atomic E-state index is 4.22. The molecule has 0 amide bonds. The maximum absolute atomic E-state index is 4.22. The number of hydrogen-bond donors (Lipinski definition) is 1. The predicted molar refractivity (Wildman–Crippen MR) is 94.0 cm³/mol. The van der Waals surface area contributed by atoms with Crippen molar-refractivity contribution in [1.29, 1.82) is 0 Å². The molecule has 1 N–H and O–H groups in total. The van der Waals surface area contributed by atoms with Crippen molar-refractivity contribution in [1.82, 2.24) is 10.3 Å². The summed E-state index contributed by atoms with van der Waals surface area (Å²) in [4.78, 5) is 5.56. The van der Waals surface area contributed by atoms with E-state index in [4.69, 9.17) is 0 Å². The maximum Gasteiger partial charge on any atom is 0.0731 e. The number of aryl methyl sites for hydroxylation is 1. The Morgan fingerprint density at radius 3 is 2.90 bits per heavy atom. The molecule has 21 heavy (non-hydrogen) atoms. The van der Waals surface area contributed by atoms with Crippen LogP contribution in [-0.2, 0) is 0 Å². The van der Waals surface area contributed by atoms with Gasteiger partial charge in [-0.25, -0.2) is 0 Å². The van der Waals surface area contributed by atoms with Crippen LogP contribution in [0.25, 0.3) is 10.8 Å². The fourth-order valence-corrected chi connectivity index (χ4v) is 4.26. The van der Waals surface area contributed by atoms with Crippen LogP contribution in [0.4, 0.5) is 0 Å². The molecule has 1 aromatic carbocycles. The van der Waals surface area contributed by atoms with Crippen molar-refractivity contribution in [2.24, 2.45) is 0 Å². The smallest absolute Gasteiger partial charge is 0.0731 e. The lowest BCUT2D eigenvalue weighted by molar-refractivity contribution is 0.643. The lowest BCUT2D eigenvalue weighted by Crippen LogP contribution is -2.21. The van der Waals surface area contributed by atoms with Crippen molar-refractivity contribution in [2.45, 2.75) is 19.9 Å². The molecule has 0 bridgehead atoms. The van der Waals surface area contributed by atoms with Crippen molar-refractivity contribution >= 4 is 38.0 Å². The highest BCUT2D eigenvalue weighted by Gasteiger charge is 2.18. The SMILES string of the molecule is CCNC(c1cc(C)c(Br)s1)c1cccc2cnccc12. The Hall–Kier alpha value is -1.23. The molecule has 0 radical (unpaired) electrons. The summed E-state index contributed by atoms with van der Waals surface area (Å²) in [5.41, 5.74) is 2.60. The van der Waals surface area contributed by atoms with Gasteiger partial charge in [-0.15, -0.1) is 11.3 Å². The van der Waals surface area contributed by atoms with Crippen LogP contribution in [0.5, 0.6) is 0 Å². The van der Waals surface area contributed by atoms with Gasteiger partial charge in [0.25, 0.3) is 0 Å². The highest BCUT2D eigenvalue weighted by Crippen LogP contribution is 2.36. The molecule has 1 atom stereocenters. The van der Waals surface area contributed by atoms with Gasteiger partial charge in [0.1, 0.15) is 0 Å². The number of nitrogens with one attached hydrogen (secondary N) is 1. The third kappa shape index (κ3) is 2.89. The summed E-state index contributed by atoms with van der Waals surface area (Å²) >= 11 is 5.44. The Bertz CT molecular complexity index is 742. The third-order valence-electron chi connectivity index (χ3n) is 3.59. The number of rotatable bonds is 4. The molecule has 4 heteroatoms. The Balaban J connectivity index is 2.15. The Kier molecular flexibility index (Phi) is 4.38. The zero-order chi connectivity index (χ0) is 14.8. The first-order valence-electron chi connectivity index (χ1n) is 7.02. The second kappa shape index (κ2) is 6.26. The number of aromatic nitrogens is 1. The van der Waals surface area contributed by atoms with Gasteiger partial charge in [-0.1, -0.05) is 25.1 Å². The number of hydrogen-bond acceptors (Lipinski definition) is 3. The number of fused-ring (bicyclic) bond motifs is 1.